The summed E-state index contributed by atoms with van der Waals surface area (Å²) >= 11 is 3.47. The van der Waals surface area contributed by atoms with E-state index in [1.54, 1.807) is 0 Å². The first-order valence-corrected chi connectivity index (χ1v) is 7.82. The van der Waals surface area contributed by atoms with Crippen LogP contribution in [0.3, 0.4) is 0 Å². The van der Waals surface area contributed by atoms with Crippen molar-refractivity contribution in [2.45, 2.75) is 19.8 Å². The van der Waals surface area contributed by atoms with E-state index in [2.05, 4.69) is 15.9 Å². The number of aryl methyl sites for hydroxylation is 2. The molecule has 2 N–H and O–H groups in total. The molecule has 1 aliphatic rings. The Balaban J connectivity index is 1.99. The number of nitrogens with two attached hydrogens (primary N) is 1. The molecule has 3 nitrogen and oxygen atoms in total. The van der Waals surface area contributed by atoms with Crippen LogP contribution in [-0.2, 0) is 6.42 Å². The lowest BCUT2D eigenvalue weighted by molar-refractivity contribution is 0.0985. The smallest absolute Gasteiger partial charge is 0.258 e. The summed E-state index contributed by atoms with van der Waals surface area (Å²) in [6.07, 6.45) is 1.98. The molecule has 0 fully saturated rings. The van der Waals surface area contributed by atoms with Crippen molar-refractivity contribution in [3.05, 3.63) is 57.6 Å². The molecule has 3 rings (SSSR count). The van der Waals surface area contributed by atoms with Gasteiger partial charge in [0.05, 0.1) is 0 Å². The van der Waals surface area contributed by atoms with E-state index in [0.29, 0.717) is 11.3 Å². The number of amides is 1. The van der Waals surface area contributed by atoms with E-state index >= 15 is 0 Å². The molecule has 0 atom stereocenters. The monoisotopic (exact) mass is 344 g/mol. The fraction of sp³-hybridized carbons (Fsp3) is 0.235. The summed E-state index contributed by atoms with van der Waals surface area (Å²) in [5.74, 6) is 0.0390. The minimum atomic E-state index is 0.0390. The molecule has 2 aromatic rings. The molecule has 1 aliphatic heterocycles. The van der Waals surface area contributed by atoms with Crippen molar-refractivity contribution in [1.82, 2.24) is 0 Å². The highest BCUT2D eigenvalue weighted by molar-refractivity contribution is 9.10. The van der Waals surface area contributed by atoms with Crippen molar-refractivity contribution in [3.63, 3.8) is 0 Å². The van der Waals surface area contributed by atoms with Crippen molar-refractivity contribution in [1.29, 1.82) is 0 Å². The predicted molar refractivity (Wildman–Crippen MR) is 89.7 cm³/mol. The molecule has 108 valence electrons. The van der Waals surface area contributed by atoms with Gasteiger partial charge in [-0.2, -0.15) is 0 Å². The Morgan fingerprint density at radius 1 is 1.24 bits per heavy atom. The average molecular weight is 345 g/mol. The maximum atomic E-state index is 12.8. The normalized spacial score (nSPS) is 13.9. The Hall–Kier alpha value is -1.81. The first-order chi connectivity index (χ1) is 10.1. The van der Waals surface area contributed by atoms with Gasteiger partial charge >= 0.3 is 0 Å². The largest absolute Gasteiger partial charge is 0.399 e. The van der Waals surface area contributed by atoms with E-state index in [1.165, 1.54) is 5.56 Å². The van der Waals surface area contributed by atoms with Crippen molar-refractivity contribution < 1.29 is 4.79 Å². The summed E-state index contributed by atoms with van der Waals surface area (Å²) in [6.45, 7) is 2.73. The number of rotatable bonds is 1. The molecule has 1 heterocycles. The average Bonchev–Trinajstić information content (AvgIpc) is 2.48. The second-order valence-corrected chi connectivity index (χ2v) is 6.27. The van der Waals surface area contributed by atoms with Gasteiger partial charge in [0.15, 0.2) is 0 Å². The Kier molecular flexibility index (Phi) is 3.72. The van der Waals surface area contributed by atoms with Crippen LogP contribution in [0.5, 0.6) is 0 Å². The number of fused-ring (bicyclic) bond motifs is 1. The van der Waals surface area contributed by atoms with Crippen LogP contribution < -0.4 is 10.6 Å². The van der Waals surface area contributed by atoms with Crippen LogP contribution >= 0.6 is 15.9 Å². The molecular formula is C17H17BrN2O. The first kappa shape index (κ1) is 14.1. The number of nitrogen functional groups attached to an aromatic ring is 1. The fourth-order valence-electron chi connectivity index (χ4n) is 2.74. The number of hydrogen-bond donors (Lipinski definition) is 1. The first-order valence-electron chi connectivity index (χ1n) is 7.02. The van der Waals surface area contributed by atoms with Gasteiger partial charge in [0, 0.05) is 28.0 Å². The molecule has 1 amide bonds. The van der Waals surface area contributed by atoms with Gasteiger partial charge in [-0.3, -0.25) is 4.79 Å². The van der Waals surface area contributed by atoms with Crippen LogP contribution in [0, 0.1) is 6.92 Å². The van der Waals surface area contributed by atoms with Crippen LogP contribution in [0.25, 0.3) is 0 Å². The molecule has 0 bridgehead atoms. The second-order valence-electron chi connectivity index (χ2n) is 5.41. The molecule has 0 aromatic heterocycles. The standard InChI is InChI=1S/C17H17BrN2O/c1-11-9-13(5-7-15(11)18)17(21)20-8-2-3-12-4-6-14(19)10-16(12)20/h4-7,9-10H,2-3,8,19H2,1H3. The maximum absolute atomic E-state index is 12.8. The van der Waals surface area contributed by atoms with Gasteiger partial charge in [-0.25, -0.2) is 0 Å². The third-order valence-electron chi connectivity index (χ3n) is 3.88. The molecule has 4 heteroatoms. The summed E-state index contributed by atoms with van der Waals surface area (Å²) < 4.78 is 1.02. The van der Waals surface area contributed by atoms with E-state index in [0.717, 1.165) is 35.1 Å². The van der Waals surface area contributed by atoms with E-state index in [1.807, 2.05) is 48.2 Å². The molecule has 0 saturated carbocycles. The van der Waals surface area contributed by atoms with Gasteiger partial charge in [0.1, 0.15) is 0 Å². The van der Waals surface area contributed by atoms with Crippen molar-refractivity contribution in [2.75, 3.05) is 17.2 Å². The van der Waals surface area contributed by atoms with E-state index in [-0.39, 0.29) is 5.91 Å². The molecule has 2 aromatic carbocycles. The zero-order valence-corrected chi connectivity index (χ0v) is 13.5. The highest BCUT2D eigenvalue weighted by atomic mass is 79.9. The Labute approximate surface area is 132 Å². The molecule has 0 spiro atoms. The summed E-state index contributed by atoms with van der Waals surface area (Å²) in [5.41, 5.74) is 10.5. The van der Waals surface area contributed by atoms with Gasteiger partial charge < -0.3 is 10.6 Å². The number of hydrogen-bond acceptors (Lipinski definition) is 2. The lowest BCUT2D eigenvalue weighted by atomic mass is 10.00. The zero-order valence-electron chi connectivity index (χ0n) is 11.9. The Morgan fingerprint density at radius 3 is 2.81 bits per heavy atom. The highest BCUT2D eigenvalue weighted by Gasteiger charge is 2.23. The summed E-state index contributed by atoms with van der Waals surface area (Å²) in [6, 6.07) is 11.5. The van der Waals surface area contributed by atoms with E-state index in [4.69, 9.17) is 5.73 Å². The Morgan fingerprint density at radius 2 is 2.05 bits per heavy atom. The van der Waals surface area contributed by atoms with Crippen LogP contribution in [-0.4, -0.2) is 12.5 Å². The third-order valence-corrected chi connectivity index (χ3v) is 4.77. The summed E-state index contributed by atoms with van der Waals surface area (Å²) in [4.78, 5) is 14.7. The van der Waals surface area contributed by atoms with Gasteiger partial charge in [-0.15, -0.1) is 0 Å². The van der Waals surface area contributed by atoms with Gasteiger partial charge in [0.2, 0.25) is 0 Å². The highest BCUT2D eigenvalue weighted by Crippen LogP contribution is 2.30. The molecule has 0 saturated heterocycles. The third kappa shape index (κ3) is 2.68. The quantitative estimate of drug-likeness (QED) is 0.796. The molecule has 21 heavy (non-hydrogen) atoms. The summed E-state index contributed by atoms with van der Waals surface area (Å²) in [5, 5.41) is 0. The fourth-order valence-corrected chi connectivity index (χ4v) is 2.98. The van der Waals surface area contributed by atoms with Crippen molar-refractivity contribution >= 4 is 33.2 Å². The number of nitrogens with zero attached hydrogens (tertiary/aromatic N) is 1. The van der Waals surface area contributed by atoms with Crippen molar-refractivity contribution in [2.24, 2.45) is 0 Å². The predicted octanol–water partition coefficient (Wildman–Crippen LogP) is 3.93. The minimum absolute atomic E-state index is 0.0390. The zero-order chi connectivity index (χ0) is 15.0. The van der Waals surface area contributed by atoms with Gasteiger partial charge in [-0.05, 0) is 61.2 Å². The number of anilines is 2. The van der Waals surface area contributed by atoms with Crippen LogP contribution in [0.4, 0.5) is 11.4 Å². The minimum Gasteiger partial charge on any atom is -0.399 e. The van der Waals surface area contributed by atoms with Crippen LogP contribution in [0.15, 0.2) is 40.9 Å². The van der Waals surface area contributed by atoms with E-state index in [9.17, 15) is 4.79 Å². The number of benzene rings is 2. The molecule has 0 radical (unpaired) electrons. The molecular weight excluding hydrogens is 328 g/mol. The van der Waals surface area contributed by atoms with Crippen LogP contribution in [0.2, 0.25) is 0 Å². The SMILES string of the molecule is Cc1cc(C(=O)N2CCCc3ccc(N)cc32)ccc1Br. The molecule has 0 aliphatic carbocycles. The number of halogens is 1. The Bertz CT molecular complexity index is 712. The van der Waals surface area contributed by atoms with Gasteiger partial charge in [0.25, 0.3) is 5.91 Å². The van der Waals surface area contributed by atoms with Crippen LogP contribution in [0.1, 0.15) is 27.9 Å². The second kappa shape index (κ2) is 5.53. The maximum Gasteiger partial charge on any atom is 0.258 e. The van der Waals surface area contributed by atoms with Crippen molar-refractivity contribution in [3.8, 4) is 0 Å². The topological polar surface area (TPSA) is 46.3 Å². The lowest BCUT2D eigenvalue weighted by Crippen LogP contribution is -2.35. The molecule has 0 unspecified atom stereocenters. The van der Waals surface area contributed by atoms with Gasteiger partial charge in [-0.1, -0.05) is 22.0 Å². The lowest BCUT2D eigenvalue weighted by Gasteiger charge is -2.30. The number of carbonyl (C=O) groups is 1. The number of carbonyl (C=O) groups excluding carboxylic acids is 1. The summed E-state index contributed by atoms with van der Waals surface area (Å²) in [7, 11) is 0. The van der Waals surface area contributed by atoms with E-state index < -0.39 is 0 Å².